The number of rotatable bonds is 7. The predicted octanol–water partition coefficient (Wildman–Crippen LogP) is 15.8. The first-order chi connectivity index (χ1) is 34.3. The van der Waals surface area contributed by atoms with E-state index in [0.29, 0.717) is 17.6 Å². The second-order valence-corrected chi connectivity index (χ2v) is 17.5. The Hall–Kier alpha value is -9.39. The maximum absolute atomic E-state index is 5.39. The highest BCUT2D eigenvalue weighted by molar-refractivity contribution is 6.26. The van der Waals surface area contributed by atoms with E-state index in [9.17, 15) is 0 Å². The monoisotopic (exact) mass is 880 g/mol. The molecule has 0 aliphatic rings. The lowest BCUT2D eigenvalue weighted by molar-refractivity contribution is 0.953. The van der Waals surface area contributed by atoms with Gasteiger partial charge < -0.3 is 9.13 Å². The third-order valence-corrected chi connectivity index (χ3v) is 13.7. The highest BCUT2D eigenvalue weighted by Crippen LogP contribution is 2.49. The van der Waals surface area contributed by atoms with Gasteiger partial charge in [0, 0.05) is 60.3 Å². The number of hydrogen-bond donors (Lipinski definition) is 0. The quantitative estimate of drug-likeness (QED) is 0.160. The van der Waals surface area contributed by atoms with Gasteiger partial charge in [-0.05, 0) is 47.5 Å². The van der Waals surface area contributed by atoms with E-state index in [-0.39, 0.29) is 0 Å². The molecule has 0 saturated carbocycles. The average Bonchev–Trinajstić information content (AvgIpc) is 4.08. The first-order valence-electron chi connectivity index (χ1n) is 23.4. The lowest BCUT2D eigenvalue weighted by Gasteiger charge is -2.20. The fourth-order valence-electron chi connectivity index (χ4n) is 10.8. The summed E-state index contributed by atoms with van der Waals surface area (Å²) in [4.78, 5) is 15.9. The number of benzene rings is 10. The van der Waals surface area contributed by atoms with Gasteiger partial charge in [0.15, 0.2) is 11.6 Å². The molecule has 6 heteroatoms. The summed E-state index contributed by atoms with van der Waals surface area (Å²) in [6.07, 6.45) is 0. The Bertz CT molecular complexity index is 4210. The van der Waals surface area contributed by atoms with Crippen molar-refractivity contribution in [3.8, 4) is 62.4 Å². The predicted molar refractivity (Wildman–Crippen MR) is 285 cm³/mol. The molecule has 6 nitrogen and oxygen atoms in total. The molecule has 14 rings (SSSR count). The third kappa shape index (κ3) is 6.02. The van der Waals surface area contributed by atoms with E-state index >= 15 is 0 Å². The van der Waals surface area contributed by atoms with Crippen molar-refractivity contribution in [2.45, 2.75) is 0 Å². The summed E-state index contributed by atoms with van der Waals surface area (Å²) in [6, 6.07) is 86.4. The Labute approximate surface area is 397 Å². The second-order valence-electron chi connectivity index (χ2n) is 17.5. The molecule has 0 aliphatic heterocycles. The van der Waals surface area contributed by atoms with Gasteiger partial charge >= 0.3 is 0 Å². The molecular formula is C63H40N6. The Morgan fingerprint density at radius 1 is 0.290 bits per heavy atom. The van der Waals surface area contributed by atoms with Gasteiger partial charge in [0.05, 0.1) is 38.8 Å². The minimum atomic E-state index is 0.549. The van der Waals surface area contributed by atoms with Crippen molar-refractivity contribution in [1.29, 1.82) is 0 Å². The van der Waals surface area contributed by atoms with Gasteiger partial charge in [-0.25, -0.2) is 4.98 Å². The van der Waals surface area contributed by atoms with Gasteiger partial charge in [0.25, 0.3) is 0 Å². The van der Waals surface area contributed by atoms with Crippen LogP contribution in [0.3, 0.4) is 0 Å². The van der Waals surface area contributed by atoms with E-state index in [2.05, 4.69) is 220 Å². The number of fused-ring (bicyclic) bond motifs is 10. The molecule has 69 heavy (non-hydrogen) atoms. The summed E-state index contributed by atoms with van der Waals surface area (Å²) in [5, 5.41) is 6.88. The lowest BCUT2D eigenvalue weighted by Crippen LogP contribution is -2.07. The smallest absolute Gasteiger partial charge is 0.238 e. The molecule has 322 valence electrons. The normalized spacial score (nSPS) is 11.8. The lowest BCUT2D eigenvalue weighted by atomic mass is 9.92. The molecule has 10 aromatic carbocycles. The van der Waals surface area contributed by atoms with Gasteiger partial charge in [-0.1, -0.05) is 206 Å². The minimum Gasteiger partial charge on any atom is -0.309 e. The summed E-state index contributed by atoms with van der Waals surface area (Å²) < 4.78 is 7.27. The highest BCUT2D eigenvalue weighted by atomic mass is 15.2. The van der Waals surface area contributed by atoms with Crippen LogP contribution >= 0.6 is 0 Å². The zero-order valence-electron chi connectivity index (χ0n) is 37.3. The van der Waals surface area contributed by atoms with E-state index < -0.39 is 0 Å². The molecule has 0 spiro atoms. The number of aromatic nitrogens is 6. The van der Waals surface area contributed by atoms with Crippen LogP contribution in [0.25, 0.3) is 128 Å². The van der Waals surface area contributed by atoms with Crippen molar-refractivity contribution in [2.24, 2.45) is 0 Å². The van der Waals surface area contributed by atoms with Crippen molar-refractivity contribution in [3.63, 3.8) is 0 Å². The Morgan fingerprint density at radius 2 is 0.710 bits per heavy atom. The SMILES string of the molecule is c1ccc(-c2nc(-c3ccccc3)nc(-n3c4ccccc4c4ccc5c6ccccc6n(-c6cc(-c7ccccc7)c7c(c6-c6ccccc6)c6ccccc6n7-c6ccccc6)c5c43)n2)cc1. The maximum Gasteiger partial charge on any atom is 0.238 e. The fraction of sp³-hybridized carbons (Fsp3) is 0. The van der Waals surface area contributed by atoms with Gasteiger partial charge in [0.2, 0.25) is 5.95 Å². The van der Waals surface area contributed by atoms with Crippen molar-refractivity contribution >= 4 is 65.4 Å². The van der Waals surface area contributed by atoms with Crippen molar-refractivity contribution in [3.05, 3.63) is 243 Å². The minimum absolute atomic E-state index is 0.549. The highest BCUT2D eigenvalue weighted by Gasteiger charge is 2.28. The summed E-state index contributed by atoms with van der Waals surface area (Å²) in [5.41, 5.74) is 15.1. The van der Waals surface area contributed by atoms with E-state index in [1.54, 1.807) is 0 Å². The Morgan fingerprint density at radius 3 is 1.26 bits per heavy atom. The summed E-state index contributed by atoms with van der Waals surface area (Å²) in [5.74, 6) is 1.77. The molecule has 14 aromatic rings. The van der Waals surface area contributed by atoms with Gasteiger partial charge in [-0.15, -0.1) is 0 Å². The van der Waals surface area contributed by atoms with E-state index in [1.807, 2.05) is 36.4 Å². The van der Waals surface area contributed by atoms with Crippen molar-refractivity contribution in [1.82, 2.24) is 28.7 Å². The maximum atomic E-state index is 5.39. The molecule has 0 bridgehead atoms. The zero-order chi connectivity index (χ0) is 45.4. The van der Waals surface area contributed by atoms with E-state index in [4.69, 9.17) is 15.0 Å². The van der Waals surface area contributed by atoms with Crippen LogP contribution < -0.4 is 0 Å². The topological polar surface area (TPSA) is 53.5 Å². The molecule has 4 heterocycles. The van der Waals surface area contributed by atoms with Crippen LogP contribution in [0.15, 0.2) is 243 Å². The van der Waals surface area contributed by atoms with Crippen LogP contribution in [0.4, 0.5) is 0 Å². The molecular weight excluding hydrogens is 841 g/mol. The summed E-state index contributed by atoms with van der Waals surface area (Å²) in [7, 11) is 0. The molecule has 0 aliphatic carbocycles. The molecule has 4 aromatic heterocycles. The molecule has 0 fully saturated rings. The third-order valence-electron chi connectivity index (χ3n) is 13.7. The first kappa shape index (κ1) is 38.8. The number of para-hydroxylation sites is 4. The van der Waals surface area contributed by atoms with Crippen LogP contribution in [0.2, 0.25) is 0 Å². The second kappa shape index (κ2) is 15.6. The Kier molecular flexibility index (Phi) is 8.79. The fourth-order valence-corrected chi connectivity index (χ4v) is 10.8. The molecule has 0 saturated heterocycles. The molecule has 0 N–H and O–H groups in total. The summed E-state index contributed by atoms with van der Waals surface area (Å²) >= 11 is 0. The molecule has 0 atom stereocenters. The molecule has 0 amide bonds. The number of hydrogen-bond acceptors (Lipinski definition) is 3. The zero-order valence-corrected chi connectivity index (χ0v) is 37.3. The van der Waals surface area contributed by atoms with Crippen molar-refractivity contribution in [2.75, 3.05) is 0 Å². The van der Waals surface area contributed by atoms with Gasteiger partial charge in [-0.2, -0.15) is 9.97 Å². The summed E-state index contributed by atoms with van der Waals surface area (Å²) in [6.45, 7) is 0. The largest absolute Gasteiger partial charge is 0.309 e. The molecule has 0 radical (unpaired) electrons. The van der Waals surface area contributed by atoms with E-state index in [1.165, 1.54) is 10.8 Å². The van der Waals surface area contributed by atoms with Crippen molar-refractivity contribution < 1.29 is 0 Å². The van der Waals surface area contributed by atoms with Gasteiger partial charge in [0.1, 0.15) is 0 Å². The Balaban J connectivity index is 1.21. The van der Waals surface area contributed by atoms with Gasteiger partial charge in [-0.3, -0.25) is 4.57 Å². The van der Waals surface area contributed by atoms with Crippen LogP contribution in [-0.2, 0) is 0 Å². The standard InChI is InChI=1S/C63H40N6/c1-6-22-41(23-7-1)51-40-55(56(42-24-8-2-9-25-42)57-50-34-18-21-37-54(50)67(58(51)57)45-30-14-5-15-31-45)68-52-35-19-16-32-46(52)48-38-39-49-47-33-17-20-36-53(47)69(60(49)59(48)68)63-65-61(43-26-10-3-11-27-43)64-62(66-63)44-28-12-4-13-29-44/h1-40H. The first-order valence-corrected chi connectivity index (χ1v) is 23.4. The van der Waals surface area contributed by atoms with Crippen LogP contribution in [-0.4, -0.2) is 28.7 Å². The number of nitrogens with zero attached hydrogens (tertiary/aromatic N) is 6. The van der Waals surface area contributed by atoms with Crippen LogP contribution in [0.1, 0.15) is 0 Å². The molecule has 0 unspecified atom stereocenters. The van der Waals surface area contributed by atoms with E-state index in [0.717, 1.165) is 99.4 Å². The average molecular weight is 881 g/mol. The van der Waals surface area contributed by atoms with Crippen LogP contribution in [0.5, 0.6) is 0 Å². The van der Waals surface area contributed by atoms with Crippen LogP contribution in [0, 0.1) is 0 Å².